The van der Waals surface area contributed by atoms with Crippen molar-refractivity contribution in [3.8, 4) is 5.75 Å². The summed E-state index contributed by atoms with van der Waals surface area (Å²) >= 11 is 0. The van der Waals surface area contributed by atoms with Crippen LogP contribution in [0.2, 0.25) is 0 Å². The maximum atomic E-state index is 12.5. The molecule has 0 bridgehead atoms. The Morgan fingerprint density at radius 2 is 1.73 bits per heavy atom. The fraction of sp³-hybridized carbons (Fsp3) is 0.300. The normalized spacial score (nSPS) is 11.5. The quantitative estimate of drug-likeness (QED) is 0.636. The number of nitrogens with one attached hydrogen (secondary N) is 3. The molecule has 2 aromatic rings. The summed E-state index contributed by atoms with van der Waals surface area (Å²) in [7, 11) is 0. The van der Waals surface area contributed by atoms with E-state index in [1.54, 1.807) is 6.92 Å². The molecular weight excluding hydrogens is 330 g/mol. The maximum Gasteiger partial charge on any atom is 0.321 e. The standard InChI is InChI=1S/C20H25N3O3/c1-3-21-20(25)23-19(24)18(16-7-5-4-6-8-16)22-13-14-26-17-11-9-15(2)10-12-17/h4-12,18,22H,3,13-14H2,1-2H3,(H2,21,23,24,25)/t18-/m0/s1. The van der Waals surface area contributed by atoms with Crippen molar-refractivity contribution in [1.82, 2.24) is 16.0 Å². The van der Waals surface area contributed by atoms with E-state index in [-0.39, 0.29) is 0 Å². The molecule has 2 aromatic carbocycles. The second-order valence-electron chi connectivity index (χ2n) is 5.81. The molecule has 6 nitrogen and oxygen atoms in total. The zero-order valence-electron chi connectivity index (χ0n) is 15.1. The summed E-state index contributed by atoms with van der Waals surface area (Å²) in [5.41, 5.74) is 1.95. The number of urea groups is 1. The lowest BCUT2D eigenvalue weighted by atomic mass is 10.1. The van der Waals surface area contributed by atoms with Gasteiger partial charge in [-0.05, 0) is 31.5 Å². The highest BCUT2D eigenvalue weighted by atomic mass is 16.5. The smallest absolute Gasteiger partial charge is 0.321 e. The van der Waals surface area contributed by atoms with Crippen LogP contribution in [0.4, 0.5) is 4.79 Å². The van der Waals surface area contributed by atoms with Crippen LogP contribution in [0.3, 0.4) is 0 Å². The molecular formula is C20H25N3O3. The number of benzene rings is 2. The van der Waals surface area contributed by atoms with Crippen molar-refractivity contribution in [2.45, 2.75) is 19.9 Å². The molecule has 138 valence electrons. The van der Waals surface area contributed by atoms with Crippen LogP contribution < -0.4 is 20.7 Å². The first kappa shape index (κ1) is 19.5. The van der Waals surface area contributed by atoms with Gasteiger partial charge in [-0.1, -0.05) is 48.0 Å². The highest BCUT2D eigenvalue weighted by Gasteiger charge is 2.21. The van der Waals surface area contributed by atoms with E-state index in [2.05, 4.69) is 16.0 Å². The lowest BCUT2D eigenvalue weighted by Crippen LogP contribution is -2.45. The number of hydrogen-bond acceptors (Lipinski definition) is 4. The Bertz CT molecular complexity index is 702. The fourth-order valence-electron chi connectivity index (χ4n) is 2.40. The van der Waals surface area contributed by atoms with Crippen LogP contribution in [0.1, 0.15) is 24.1 Å². The molecule has 0 saturated carbocycles. The van der Waals surface area contributed by atoms with Crippen LogP contribution in [-0.2, 0) is 4.79 Å². The summed E-state index contributed by atoms with van der Waals surface area (Å²) in [6, 6.07) is 15.9. The zero-order valence-corrected chi connectivity index (χ0v) is 15.1. The van der Waals surface area contributed by atoms with Crippen molar-refractivity contribution >= 4 is 11.9 Å². The molecule has 0 fully saturated rings. The van der Waals surface area contributed by atoms with Gasteiger partial charge >= 0.3 is 6.03 Å². The van der Waals surface area contributed by atoms with Gasteiger partial charge in [-0.2, -0.15) is 0 Å². The Kier molecular flexibility index (Phi) is 7.64. The SMILES string of the molecule is CCNC(=O)NC(=O)[C@@H](NCCOc1ccc(C)cc1)c1ccccc1. The van der Waals surface area contributed by atoms with Crippen molar-refractivity contribution in [2.75, 3.05) is 19.7 Å². The third kappa shape index (κ3) is 6.22. The minimum absolute atomic E-state index is 0.404. The van der Waals surface area contributed by atoms with E-state index in [0.29, 0.717) is 19.7 Å². The number of rotatable bonds is 8. The van der Waals surface area contributed by atoms with Gasteiger partial charge in [-0.15, -0.1) is 0 Å². The molecule has 26 heavy (non-hydrogen) atoms. The molecule has 3 amide bonds. The number of hydrogen-bond donors (Lipinski definition) is 3. The van der Waals surface area contributed by atoms with Gasteiger partial charge < -0.3 is 10.1 Å². The summed E-state index contributed by atoms with van der Waals surface area (Å²) in [6.45, 7) is 5.12. The fourth-order valence-corrected chi connectivity index (χ4v) is 2.40. The predicted octanol–water partition coefficient (Wildman–Crippen LogP) is 2.55. The number of amides is 3. The average Bonchev–Trinajstić information content (AvgIpc) is 2.64. The second-order valence-corrected chi connectivity index (χ2v) is 5.81. The maximum absolute atomic E-state index is 12.5. The van der Waals surface area contributed by atoms with Gasteiger partial charge in [0.25, 0.3) is 0 Å². The zero-order chi connectivity index (χ0) is 18.8. The molecule has 0 spiro atoms. The van der Waals surface area contributed by atoms with Crippen molar-refractivity contribution in [1.29, 1.82) is 0 Å². The molecule has 0 heterocycles. The Labute approximate surface area is 153 Å². The van der Waals surface area contributed by atoms with E-state index in [9.17, 15) is 9.59 Å². The van der Waals surface area contributed by atoms with Crippen molar-refractivity contribution < 1.29 is 14.3 Å². The van der Waals surface area contributed by atoms with E-state index in [1.807, 2.05) is 61.5 Å². The van der Waals surface area contributed by atoms with Crippen LogP contribution >= 0.6 is 0 Å². The van der Waals surface area contributed by atoms with E-state index in [0.717, 1.165) is 11.3 Å². The summed E-state index contributed by atoms with van der Waals surface area (Å²) in [6.07, 6.45) is 0. The molecule has 6 heteroatoms. The van der Waals surface area contributed by atoms with E-state index < -0.39 is 18.0 Å². The number of carbonyl (C=O) groups excluding carboxylic acids is 2. The average molecular weight is 355 g/mol. The van der Waals surface area contributed by atoms with E-state index >= 15 is 0 Å². The topological polar surface area (TPSA) is 79.5 Å². The van der Waals surface area contributed by atoms with Gasteiger partial charge in [-0.25, -0.2) is 4.79 Å². The van der Waals surface area contributed by atoms with Crippen molar-refractivity contribution in [3.63, 3.8) is 0 Å². The number of imide groups is 1. The summed E-state index contributed by atoms with van der Waals surface area (Å²) in [4.78, 5) is 24.1. The van der Waals surface area contributed by atoms with Gasteiger partial charge in [0.05, 0.1) is 0 Å². The molecule has 0 aliphatic heterocycles. The van der Waals surface area contributed by atoms with Gasteiger partial charge in [0.15, 0.2) is 0 Å². The highest BCUT2D eigenvalue weighted by Crippen LogP contribution is 2.13. The molecule has 0 aliphatic carbocycles. The number of aryl methyl sites for hydroxylation is 1. The first-order valence-corrected chi connectivity index (χ1v) is 8.66. The monoisotopic (exact) mass is 355 g/mol. The van der Waals surface area contributed by atoms with Gasteiger partial charge in [0.1, 0.15) is 18.4 Å². The van der Waals surface area contributed by atoms with E-state index in [4.69, 9.17) is 4.74 Å². The van der Waals surface area contributed by atoms with Crippen LogP contribution in [0, 0.1) is 6.92 Å². The number of carbonyl (C=O) groups is 2. The van der Waals surface area contributed by atoms with Crippen LogP contribution in [-0.4, -0.2) is 31.6 Å². The van der Waals surface area contributed by atoms with Crippen LogP contribution in [0.5, 0.6) is 5.75 Å². The Morgan fingerprint density at radius 3 is 2.38 bits per heavy atom. The minimum atomic E-state index is -0.638. The lowest BCUT2D eigenvalue weighted by Gasteiger charge is -2.18. The highest BCUT2D eigenvalue weighted by molar-refractivity contribution is 5.97. The lowest BCUT2D eigenvalue weighted by molar-refractivity contribution is -0.122. The molecule has 0 aromatic heterocycles. The Hall–Kier alpha value is -2.86. The third-order valence-electron chi connectivity index (χ3n) is 3.71. The molecule has 2 rings (SSSR count). The molecule has 0 radical (unpaired) electrons. The van der Waals surface area contributed by atoms with Crippen LogP contribution in [0.15, 0.2) is 54.6 Å². The molecule has 0 saturated heterocycles. The minimum Gasteiger partial charge on any atom is -0.492 e. The Balaban J connectivity index is 1.92. The summed E-state index contributed by atoms with van der Waals surface area (Å²) < 4.78 is 5.67. The Morgan fingerprint density at radius 1 is 1.04 bits per heavy atom. The molecule has 1 atom stereocenters. The molecule has 0 aliphatic rings. The van der Waals surface area contributed by atoms with Crippen LogP contribution in [0.25, 0.3) is 0 Å². The van der Waals surface area contributed by atoms with Gasteiger partial charge in [0.2, 0.25) is 5.91 Å². The van der Waals surface area contributed by atoms with Crippen molar-refractivity contribution in [2.24, 2.45) is 0 Å². The van der Waals surface area contributed by atoms with Gasteiger partial charge in [-0.3, -0.25) is 15.4 Å². The number of ether oxygens (including phenoxy) is 1. The van der Waals surface area contributed by atoms with E-state index in [1.165, 1.54) is 5.56 Å². The van der Waals surface area contributed by atoms with Crippen molar-refractivity contribution in [3.05, 3.63) is 65.7 Å². The first-order valence-electron chi connectivity index (χ1n) is 8.66. The largest absolute Gasteiger partial charge is 0.492 e. The first-order chi connectivity index (χ1) is 12.6. The predicted molar refractivity (Wildman–Crippen MR) is 101 cm³/mol. The molecule has 3 N–H and O–H groups in total. The third-order valence-corrected chi connectivity index (χ3v) is 3.71. The molecule has 0 unspecified atom stereocenters. The van der Waals surface area contributed by atoms with Gasteiger partial charge in [0, 0.05) is 13.1 Å². The summed E-state index contributed by atoms with van der Waals surface area (Å²) in [5, 5.41) is 8.05. The summed E-state index contributed by atoms with van der Waals surface area (Å²) in [5.74, 6) is 0.373. The second kappa shape index (κ2) is 10.2.